The fourth-order valence-electron chi connectivity index (χ4n) is 6.93. The molecule has 52 heavy (non-hydrogen) atoms. The molecule has 1 heterocycles. The van der Waals surface area contributed by atoms with Gasteiger partial charge in [0.2, 0.25) is 0 Å². The van der Waals surface area contributed by atoms with Crippen molar-refractivity contribution in [1.82, 2.24) is 9.97 Å². The van der Waals surface area contributed by atoms with Gasteiger partial charge in [-0.25, -0.2) is 9.97 Å². The summed E-state index contributed by atoms with van der Waals surface area (Å²) in [6, 6.07) is 47.1. The Bertz CT molecular complexity index is 2370. The van der Waals surface area contributed by atoms with Crippen molar-refractivity contribution in [2.45, 2.75) is 26.2 Å². The predicted octanol–water partition coefficient (Wildman–Crippen LogP) is 13.1. The fraction of sp³-hybridized carbons (Fsp3) is 0.0800. The third-order valence-corrected chi connectivity index (χ3v) is 9.67. The van der Waals surface area contributed by atoms with Gasteiger partial charge in [-0.2, -0.15) is 0 Å². The van der Waals surface area contributed by atoms with E-state index in [1.165, 1.54) is 27.8 Å². The molecule has 5 aromatic carbocycles. The third-order valence-electron chi connectivity index (χ3n) is 9.67. The molecule has 0 unspecified atom stereocenters. The average molecular weight is 671 g/mol. The Morgan fingerprint density at radius 1 is 0.577 bits per heavy atom. The van der Waals surface area contributed by atoms with Crippen molar-refractivity contribution in [2.75, 3.05) is 0 Å². The number of rotatable bonds is 10. The van der Waals surface area contributed by atoms with Gasteiger partial charge < -0.3 is 0 Å². The monoisotopic (exact) mass is 670 g/mol. The first-order valence-electron chi connectivity index (χ1n) is 17.8. The van der Waals surface area contributed by atoms with Crippen LogP contribution in [0.2, 0.25) is 0 Å². The molecule has 0 saturated heterocycles. The molecule has 0 atom stereocenters. The van der Waals surface area contributed by atoms with Crippen LogP contribution in [-0.2, 0) is 5.41 Å². The van der Waals surface area contributed by atoms with Crippen LogP contribution in [0, 0.1) is 0 Å². The molecule has 6 aromatic rings. The van der Waals surface area contributed by atoms with E-state index in [4.69, 9.17) is 9.97 Å². The third kappa shape index (κ3) is 7.10. The van der Waals surface area contributed by atoms with Crippen molar-refractivity contribution in [3.05, 3.63) is 217 Å². The molecule has 0 fully saturated rings. The topological polar surface area (TPSA) is 25.8 Å². The lowest BCUT2D eigenvalue weighted by molar-refractivity contribution is 0.660. The number of hydrogen-bond donors (Lipinski definition) is 0. The van der Waals surface area contributed by atoms with E-state index in [1.54, 1.807) is 6.08 Å². The molecule has 2 nitrogen and oxygen atoms in total. The van der Waals surface area contributed by atoms with Gasteiger partial charge in [0.15, 0.2) is 5.82 Å². The summed E-state index contributed by atoms with van der Waals surface area (Å²) in [5.74, 6) is 0.676. The molecular weight excluding hydrogens is 629 g/mol. The zero-order chi connectivity index (χ0) is 35.9. The van der Waals surface area contributed by atoms with Gasteiger partial charge in [0.05, 0.1) is 11.4 Å². The maximum atomic E-state index is 5.20. The average Bonchev–Trinajstić information content (AvgIpc) is 3.43. The number of nitrogens with zero attached hydrogens (tertiary/aromatic N) is 2. The first kappa shape index (κ1) is 34.1. The largest absolute Gasteiger partial charge is 0.228 e. The van der Waals surface area contributed by atoms with Gasteiger partial charge in [-0.15, -0.1) is 0 Å². The molecule has 0 saturated carbocycles. The van der Waals surface area contributed by atoms with Crippen molar-refractivity contribution in [3.63, 3.8) is 0 Å². The molecule has 0 radical (unpaired) electrons. The summed E-state index contributed by atoms with van der Waals surface area (Å²) in [5.41, 5.74) is 14.5. The van der Waals surface area contributed by atoms with Crippen LogP contribution in [0.3, 0.4) is 0 Å². The fourth-order valence-corrected chi connectivity index (χ4v) is 6.93. The Kier molecular flexibility index (Phi) is 9.99. The van der Waals surface area contributed by atoms with E-state index in [0.717, 1.165) is 44.8 Å². The Morgan fingerprint density at radius 2 is 1.23 bits per heavy atom. The summed E-state index contributed by atoms with van der Waals surface area (Å²) in [5, 5.41) is 0. The minimum Gasteiger partial charge on any atom is -0.228 e. The summed E-state index contributed by atoms with van der Waals surface area (Å²) in [6.07, 6.45) is 18.5. The van der Waals surface area contributed by atoms with Gasteiger partial charge in [-0.05, 0) is 69.6 Å². The summed E-state index contributed by atoms with van der Waals surface area (Å²) in [4.78, 5) is 10.3. The standard InChI is InChI=1S/C50H42N2/c1-5-7-11-23-40(41-31-32-46-44(34-41)43-25-17-18-26-45(43)50(46,3)4)33-42(24-12-8-6-2)48-35-47(51-49(52-48)39-21-15-10-16-22-39)38-29-27-37(28-30-38)36-19-13-9-14-20-36/h5-35H,2H2,1,3-4H3/b7-5+,12-8-,23-11+,40-33+,42-24+. The molecule has 2 heteroatoms. The highest BCUT2D eigenvalue weighted by atomic mass is 14.9. The molecule has 7 rings (SSSR count). The van der Waals surface area contributed by atoms with Gasteiger partial charge in [-0.3, -0.25) is 0 Å². The van der Waals surface area contributed by atoms with E-state index >= 15 is 0 Å². The van der Waals surface area contributed by atoms with Crippen LogP contribution in [0.1, 0.15) is 43.2 Å². The Labute approximate surface area is 308 Å². The second-order valence-corrected chi connectivity index (χ2v) is 13.4. The second kappa shape index (κ2) is 15.2. The highest BCUT2D eigenvalue weighted by molar-refractivity contribution is 5.91. The summed E-state index contributed by atoms with van der Waals surface area (Å²) in [7, 11) is 0. The van der Waals surface area contributed by atoms with E-state index < -0.39 is 0 Å². The summed E-state index contributed by atoms with van der Waals surface area (Å²) >= 11 is 0. The van der Waals surface area contributed by atoms with Gasteiger partial charge in [-0.1, -0.05) is 190 Å². The molecule has 0 N–H and O–H groups in total. The lowest BCUT2D eigenvalue weighted by Gasteiger charge is -2.21. The molecule has 1 aliphatic rings. The van der Waals surface area contributed by atoms with Gasteiger partial charge >= 0.3 is 0 Å². The lowest BCUT2D eigenvalue weighted by Crippen LogP contribution is -2.14. The minimum atomic E-state index is -0.0554. The van der Waals surface area contributed by atoms with Crippen LogP contribution >= 0.6 is 0 Å². The van der Waals surface area contributed by atoms with E-state index in [1.807, 2.05) is 49.4 Å². The molecule has 0 amide bonds. The first-order chi connectivity index (χ1) is 25.5. The van der Waals surface area contributed by atoms with Crippen molar-refractivity contribution in [2.24, 2.45) is 0 Å². The second-order valence-electron chi connectivity index (χ2n) is 13.4. The molecule has 1 aromatic heterocycles. The Balaban J connectivity index is 1.39. The van der Waals surface area contributed by atoms with Gasteiger partial charge in [0.25, 0.3) is 0 Å². The molecule has 0 bridgehead atoms. The highest BCUT2D eigenvalue weighted by Crippen LogP contribution is 2.49. The number of fused-ring (bicyclic) bond motifs is 3. The maximum Gasteiger partial charge on any atom is 0.160 e. The predicted molar refractivity (Wildman–Crippen MR) is 222 cm³/mol. The number of benzene rings is 5. The molecule has 0 spiro atoms. The smallest absolute Gasteiger partial charge is 0.160 e. The minimum absolute atomic E-state index is 0.0554. The van der Waals surface area contributed by atoms with Crippen LogP contribution in [-0.4, -0.2) is 9.97 Å². The van der Waals surface area contributed by atoms with E-state index in [0.29, 0.717) is 5.82 Å². The zero-order valence-electron chi connectivity index (χ0n) is 30.0. The molecular formula is C50H42N2. The summed E-state index contributed by atoms with van der Waals surface area (Å²) in [6.45, 7) is 10.6. The van der Waals surface area contributed by atoms with Crippen LogP contribution in [0.4, 0.5) is 0 Å². The zero-order valence-corrected chi connectivity index (χ0v) is 30.0. The van der Waals surface area contributed by atoms with Gasteiger partial charge in [0.1, 0.15) is 0 Å². The summed E-state index contributed by atoms with van der Waals surface area (Å²) < 4.78 is 0. The normalized spacial score (nSPS) is 13.9. The molecule has 252 valence electrons. The molecule has 1 aliphatic carbocycles. The van der Waals surface area contributed by atoms with Crippen molar-refractivity contribution in [3.8, 4) is 44.9 Å². The van der Waals surface area contributed by atoms with Gasteiger partial charge in [0, 0.05) is 22.1 Å². The number of allylic oxidation sites excluding steroid dienone is 11. The van der Waals surface area contributed by atoms with Crippen LogP contribution in [0.5, 0.6) is 0 Å². The van der Waals surface area contributed by atoms with E-state index in [9.17, 15) is 0 Å². The lowest BCUT2D eigenvalue weighted by atomic mass is 9.82. The highest BCUT2D eigenvalue weighted by Gasteiger charge is 2.35. The maximum absolute atomic E-state index is 5.20. The first-order valence-corrected chi connectivity index (χ1v) is 17.8. The number of aromatic nitrogens is 2. The SMILES string of the molecule is C=C\C=C/C=C(\C=C(/C=C/C=C/C)c1ccc2c(c1)-c1ccccc1C2(C)C)c1cc(-c2ccc(-c3ccccc3)cc2)nc(-c2ccccc2)n1. The van der Waals surface area contributed by atoms with Crippen LogP contribution in [0.25, 0.3) is 56.0 Å². The van der Waals surface area contributed by atoms with Crippen molar-refractivity contribution < 1.29 is 0 Å². The Hall–Kier alpha value is -6.38. The molecule has 0 aliphatic heterocycles. The van der Waals surface area contributed by atoms with Crippen LogP contribution in [0.15, 0.2) is 195 Å². The Morgan fingerprint density at radius 3 is 1.96 bits per heavy atom. The quantitative estimate of drug-likeness (QED) is 0.136. The van der Waals surface area contributed by atoms with E-state index in [2.05, 4.69) is 160 Å². The number of hydrogen-bond acceptors (Lipinski definition) is 2. The van der Waals surface area contributed by atoms with Crippen molar-refractivity contribution >= 4 is 11.1 Å². The van der Waals surface area contributed by atoms with E-state index in [-0.39, 0.29) is 5.41 Å². The van der Waals surface area contributed by atoms with Crippen molar-refractivity contribution in [1.29, 1.82) is 0 Å². The van der Waals surface area contributed by atoms with Crippen LogP contribution < -0.4 is 0 Å².